The molecular formula is C27H33Cl2N3O5S. The van der Waals surface area contributed by atoms with Gasteiger partial charge in [-0.3, -0.25) is 14.4 Å². The van der Waals surface area contributed by atoms with E-state index in [1.807, 2.05) is 42.8 Å². The minimum absolute atomic E-state index is 0.0383. The topological polar surface area (TPSA) is 113 Å². The summed E-state index contributed by atoms with van der Waals surface area (Å²) in [7, 11) is -3.80. The van der Waals surface area contributed by atoms with E-state index in [9.17, 15) is 22.8 Å². The summed E-state index contributed by atoms with van der Waals surface area (Å²) in [6.07, 6.45) is 1.62. The number of hydrogen-bond donors (Lipinski definition) is 2. The third-order valence-corrected chi connectivity index (χ3v) is 7.76. The number of carbonyl (C=O) groups excluding carboxylic acids is 3. The lowest BCUT2D eigenvalue weighted by molar-refractivity contribution is -0.137. The van der Waals surface area contributed by atoms with Crippen molar-refractivity contribution in [3.63, 3.8) is 0 Å². The summed E-state index contributed by atoms with van der Waals surface area (Å²) in [4.78, 5) is 40.9. The number of benzene rings is 2. The van der Waals surface area contributed by atoms with Crippen LogP contribution in [0.2, 0.25) is 10.0 Å². The van der Waals surface area contributed by atoms with E-state index in [-0.39, 0.29) is 39.3 Å². The van der Waals surface area contributed by atoms with Gasteiger partial charge < -0.3 is 10.2 Å². The summed E-state index contributed by atoms with van der Waals surface area (Å²) in [6, 6.07) is 10.9. The fourth-order valence-electron chi connectivity index (χ4n) is 4.87. The lowest BCUT2D eigenvalue weighted by atomic mass is 9.70. The molecule has 2 N–H and O–H groups in total. The van der Waals surface area contributed by atoms with Gasteiger partial charge in [-0.1, -0.05) is 63.0 Å². The smallest absolute Gasteiger partial charge is 0.264 e. The van der Waals surface area contributed by atoms with E-state index in [0.29, 0.717) is 18.1 Å². The molecule has 11 heteroatoms. The Morgan fingerprint density at radius 1 is 0.974 bits per heavy atom. The summed E-state index contributed by atoms with van der Waals surface area (Å²) in [5.41, 5.74) is 0.919. The van der Waals surface area contributed by atoms with Gasteiger partial charge in [-0.15, -0.1) is 0 Å². The number of halogens is 2. The van der Waals surface area contributed by atoms with Crippen LogP contribution in [0.3, 0.4) is 0 Å². The largest absolute Gasteiger partial charge is 0.340 e. The Balaban J connectivity index is 1.76. The number of piperidine rings is 1. The molecule has 38 heavy (non-hydrogen) atoms. The Morgan fingerprint density at radius 3 is 2.08 bits per heavy atom. The average molecular weight is 583 g/mol. The molecule has 2 atom stereocenters. The quantitative estimate of drug-likeness (QED) is 0.500. The van der Waals surface area contributed by atoms with Gasteiger partial charge >= 0.3 is 0 Å². The summed E-state index contributed by atoms with van der Waals surface area (Å²) < 4.78 is 24.7. The van der Waals surface area contributed by atoms with Gasteiger partial charge in [0.2, 0.25) is 15.9 Å². The first kappa shape index (κ1) is 29.9. The molecule has 0 radical (unpaired) electrons. The molecule has 2 aromatic carbocycles. The average Bonchev–Trinajstić information content (AvgIpc) is 2.80. The minimum atomic E-state index is -3.80. The lowest BCUT2D eigenvalue weighted by Gasteiger charge is -2.45. The molecular weight excluding hydrogens is 549 g/mol. The van der Waals surface area contributed by atoms with Crippen LogP contribution in [0.5, 0.6) is 0 Å². The van der Waals surface area contributed by atoms with Crippen LogP contribution in [0.25, 0.3) is 0 Å². The number of hydrogen-bond acceptors (Lipinski definition) is 5. The van der Waals surface area contributed by atoms with E-state index in [2.05, 4.69) is 19.2 Å². The number of sulfonamides is 1. The van der Waals surface area contributed by atoms with Crippen molar-refractivity contribution in [1.82, 2.24) is 14.9 Å². The Kier molecular flexibility index (Phi) is 9.16. The van der Waals surface area contributed by atoms with E-state index >= 15 is 0 Å². The van der Waals surface area contributed by atoms with Gasteiger partial charge in [-0.25, -0.2) is 13.1 Å². The Bertz CT molecular complexity index is 1330. The first-order valence-electron chi connectivity index (χ1n) is 12.3. The number of likely N-dealkylation sites (tertiary alicyclic amines) is 1. The molecule has 1 unspecified atom stereocenters. The fraction of sp³-hybridized carbons (Fsp3) is 0.444. The normalized spacial score (nSPS) is 18.1. The third-order valence-electron chi connectivity index (χ3n) is 6.73. The molecule has 1 aliphatic rings. The molecule has 8 nitrogen and oxygen atoms in total. The van der Waals surface area contributed by atoms with Crippen molar-refractivity contribution in [2.24, 2.45) is 11.3 Å². The second kappa shape index (κ2) is 11.6. The molecule has 0 saturated carbocycles. The van der Waals surface area contributed by atoms with Crippen LogP contribution in [0.4, 0.5) is 0 Å². The third kappa shape index (κ3) is 7.48. The maximum absolute atomic E-state index is 13.6. The van der Waals surface area contributed by atoms with E-state index < -0.39 is 27.9 Å². The molecule has 0 bridgehead atoms. The first-order valence-corrected chi connectivity index (χ1v) is 14.9. The van der Waals surface area contributed by atoms with Crippen LogP contribution < -0.4 is 10.0 Å². The standard InChI is InChI=1S/C27H33Cl2N3O5S/c1-16(2)23(30-24(33)18-12-19(14-21(29)13-18)25(34)31-38(5,36)37)26(35)32-11-10-22(27(3,4)15-32)17-6-8-20(28)9-7-17/h6-9,12-14,16,22-23H,10-11,15H2,1-5H3,(H,30,33)(H,31,34)/t22?,23-/m1/s1. The zero-order valence-electron chi connectivity index (χ0n) is 22.0. The van der Waals surface area contributed by atoms with Crippen LogP contribution in [-0.2, 0) is 14.8 Å². The van der Waals surface area contributed by atoms with E-state index in [1.165, 1.54) is 23.8 Å². The van der Waals surface area contributed by atoms with Crippen molar-refractivity contribution in [1.29, 1.82) is 0 Å². The number of amides is 3. The highest BCUT2D eigenvalue weighted by atomic mass is 35.5. The maximum atomic E-state index is 13.6. The first-order chi connectivity index (χ1) is 17.6. The van der Waals surface area contributed by atoms with E-state index in [1.54, 1.807) is 4.90 Å². The number of nitrogens with zero attached hydrogens (tertiary/aromatic N) is 1. The summed E-state index contributed by atoms with van der Waals surface area (Å²) in [6.45, 7) is 9.01. The molecule has 3 amide bonds. The molecule has 2 aromatic rings. The highest BCUT2D eigenvalue weighted by molar-refractivity contribution is 7.89. The Morgan fingerprint density at radius 2 is 1.55 bits per heavy atom. The number of carbonyl (C=O) groups is 3. The van der Waals surface area contributed by atoms with Crippen LogP contribution in [0.15, 0.2) is 42.5 Å². The van der Waals surface area contributed by atoms with Crippen LogP contribution in [-0.4, -0.2) is 56.4 Å². The number of rotatable bonds is 7. The number of nitrogens with one attached hydrogen (secondary N) is 2. The summed E-state index contributed by atoms with van der Waals surface area (Å²) in [5, 5.41) is 3.55. The molecule has 0 aliphatic carbocycles. The SMILES string of the molecule is CC(C)[C@@H](NC(=O)c1cc(Cl)cc(C(=O)NS(C)(=O)=O)c1)C(=O)N1CCC(c2ccc(Cl)cc2)C(C)(C)C1. The van der Waals surface area contributed by atoms with Gasteiger partial charge in [-0.2, -0.15) is 0 Å². The highest BCUT2D eigenvalue weighted by Crippen LogP contribution is 2.42. The van der Waals surface area contributed by atoms with Gasteiger partial charge in [0.1, 0.15) is 6.04 Å². The van der Waals surface area contributed by atoms with Crippen molar-refractivity contribution >= 4 is 50.9 Å². The van der Waals surface area contributed by atoms with Gasteiger partial charge in [0.15, 0.2) is 0 Å². The maximum Gasteiger partial charge on any atom is 0.264 e. The fourth-order valence-corrected chi connectivity index (χ4v) is 5.69. The minimum Gasteiger partial charge on any atom is -0.340 e. The van der Waals surface area contributed by atoms with Crippen molar-refractivity contribution in [2.45, 2.75) is 46.1 Å². The highest BCUT2D eigenvalue weighted by Gasteiger charge is 2.40. The second-order valence-electron chi connectivity index (χ2n) is 10.8. The van der Waals surface area contributed by atoms with Crippen LogP contribution in [0.1, 0.15) is 66.3 Å². The molecule has 3 rings (SSSR count). The van der Waals surface area contributed by atoms with Crippen molar-refractivity contribution < 1.29 is 22.8 Å². The van der Waals surface area contributed by atoms with Crippen molar-refractivity contribution in [3.05, 3.63) is 69.2 Å². The second-order valence-corrected chi connectivity index (χ2v) is 13.4. The Hall–Kier alpha value is -2.62. The molecule has 1 fully saturated rings. The molecule has 0 aromatic heterocycles. The van der Waals surface area contributed by atoms with Gasteiger partial charge in [0.25, 0.3) is 11.8 Å². The van der Waals surface area contributed by atoms with Gasteiger partial charge in [0, 0.05) is 34.3 Å². The summed E-state index contributed by atoms with van der Waals surface area (Å²) in [5.74, 6) is -1.66. The summed E-state index contributed by atoms with van der Waals surface area (Å²) >= 11 is 12.2. The zero-order chi connectivity index (χ0) is 28.4. The van der Waals surface area contributed by atoms with E-state index in [4.69, 9.17) is 23.2 Å². The lowest BCUT2D eigenvalue weighted by Crippen LogP contribution is -2.55. The van der Waals surface area contributed by atoms with E-state index in [0.717, 1.165) is 12.7 Å². The Labute approximate surface area is 234 Å². The van der Waals surface area contributed by atoms with Crippen LogP contribution in [0, 0.1) is 11.3 Å². The van der Waals surface area contributed by atoms with Gasteiger partial charge in [0.05, 0.1) is 6.26 Å². The molecule has 1 heterocycles. The van der Waals surface area contributed by atoms with Crippen molar-refractivity contribution in [2.75, 3.05) is 19.3 Å². The molecule has 1 saturated heterocycles. The zero-order valence-corrected chi connectivity index (χ0v) is 24.4. The molecule has 0 spiro atoms. The van der Waals surface area contributed by atoms with Gasteiger partial charge in [-0.05, 0) is 59.6 Å². The molecule has 1 aliphatic heterocycles. The van der Waals surface area contributed by atoms with Crippen molar-refractivity contribution in [3.8, 4) is 0 Å². The molecule has 206 valence electrons. The predicted molar refractivity (Wildman–Crippen MR) is 149 cm³/mol. The monoisotopic (exact) mass is 581 g/mol. The van der Waals surface area contributed by atoms with Crippen LogP contribution >= 0.6 is 23.2 Å². The predicted octanol–water partition coefficient (Wildman–Crippen LogP) is 4.48.